The van der Waals surface area contributed by atoms with Gasteiger partial charge in [0.05, 0.1) is 0 Å². The number of carbonyl (C=O) groups is 1. The summed E-state index contributed by atoms with van der Waals surface area (Å²) in [4.78, 5) is 12.6. The minimum atomic E-state index is -0.0897. The standard InChI is InChI=1S/C26H21ClN2O/c27-25-21(17-22-19-12-4-6-14-23(19)28-26(22)30)20-13-5-7-15-24(20)29(25)16-8-11-18-9-2-1-3-10-18/h1-7,9-10,12-15,17H,8,11,16H2,(H,28,30)/b22-17+. The number of nitrogens with one attached hydrogen (secondary N) is 1. The zero-order chi connectivity index (χ0) is 20.5. The smallest absolute Gasteiger partial charge is 0.256 e. The second kappa shape index (κ2) is 7.85. The Bertz CT molecular complexity index is 1270. The average molecular weight is 413 g/mol. The summed E-state index contributed by atoms with van der Waals surface area (Å²) in [6, 6.07) is 26.4. The van der Waals surface area contributed by atoms with Crippen LogP contribution in [-0.4, -0.2) is 10.5 Å². The SMILES string of the molecule is O=C1Nc2ccccc2/C1=C\c1c(Cl)n(CCCc2ccccc2)c2ccccc12. The van der Waals surface area contributed by atoms with Gasteiger partial charge in [0, 0.05) is 39.8 Å². The lowest BCUT2D eigenvalue weighted by atomic mass is 10.0. The predicted molar refractivity (Wildman–Crippen MR) is 125 cm³/mol. The number of aromatic nitrogens is 1. The third-order valence-electron chi connectivity index (χ3n) is 5.63. The Morgan fingerprint density at radius 1 is 0.900 bits per heavy atom. The van der Waals surface area contributed by atoms with Crippen molar-refractivity contribution in [3.05, 3.63) is 101 Å². The number of para-hydroxylation sites is 2. The normalized spacial score (nSPS) is 14.3. The fourth-order valence-corrected chi connectivity index (χ4v) is 4.50. The fraction of sp³-hybridized carbons (Fsp3) is 0.115. The van der Waals surface area contributed by atoms with E-state index in [2.05, 4.69) is 46.3 Å². The molecule has 0 bridgehead atoms. The van der Waals surface area contributed by atoms with Gasteiger partial charge in [-0.2, -0.15) is 0 Å². The quantitative estimate of drug-likeness (QED) is 0.377. The molecule has 0 saturated heterocycles. The van der Waals surface area contributed by atoms with Crippen LogP contribution in [0.3, 0.4) is 0 Å². The molecule has 0 aliphatic carbocycles. The molecule has 1 aromatic heterocycles. The zero-order valence-electron chi connectivity index (χ0n) is 16.4. The molecule has 4 heteroatoms. The molecular weight excluding hydrogens is 392 g/mol. The van der Waals surface area contributed by atoms with E-state index in [9.17, 15) is 4.79 Å². The van der Waals surface area contributed by atoms with Crippen LogP contribution in [0.4, 0.5) is 5.69 Å². The van der Waals surface area contributed by atoms with Crippen molar-refractivity contribution in [2.24, 2.45) is 0 Å². The second-order valence-electron chi connectivity index (χ2n) is 7.52. The molecule has 148 valence electrons. The monoisotopic (exact) mass is 412 g/mol. The number of nitrogens with zero attached hydrogens (tertiary/aromatic N) is 1. The third kappa shape index (κ3) is 3.31. The summed E-state index contributed by atoms with van der Waals surface area (Å²) in [7, 11) is 0. The molecule has 1 aliphatic heterocycles. The predicted octanol–water partition coefficient (Wildman–Crippen LogP) is 6.42. The minimum absolute atomic E-state index is 0.0897. The number of fused-ring (bicyclic) bond motifs is 2. The summed E-state index contributed by atoms with van der Waals surface area (Å²) in [5.74, 6) is -0.0897. The first kappa shape index (κ1) is 18.7. The summed E-state index contributed by atoms with van der Waals surface area (Å²) < 4.78 is 2.16. The number of halogens is 1. The van der Waals surface area contributed by atoms with Crippen LogP contribution in [0.1, 0.15) is 23.1 Å². The van der Waals surface area contributed by atoms with Gasteiger partial charge in [0.15, 0.2) is 0 Å². The number of amides is 1. The molecule has 0 spiro atoms. The Labute approximate surface area is 180 Å². The molecule has 1 N–H and O–H groups in total. The second-order valence-corrected chi connectivity index (χ2v) is 7.88. The van der Waals surface area contributed by atoms with Gasteiger partial charge < -0.3 is 9.88 Å². The summed E-state index contributed by atoms with van der Waals surface area (Å²) >= 11 is 6.87. The van der Waals surface area contributed by atoms with E-state index in [0.29, 0.717) is 10.7 Å². The number of rotatable bonds is 5. The van der Waals surface area contributed by atoms with E-state index in [4.69, 9.17) is 11.6 Å². The van der Waals surface area contributed by atoms with Crippen molar-refractivity contribution in [2.75, 3.05) is 5.32 Å². The van der Waals surface area contributed by atoms with Gasteiger partial charge in [-0.05, 0) is 36.6 Å². The van der Waals surface area contributed by atoms with E-state index < -0.39 is 0 Å². The van der Waals surface area contributed by atoms with Gasteiger partial charge in [0.2, 0.25) is 0 Å². The van der Waals surface area contributed by atoms with Crippen molar-refractivity contribution in [3.8, 4) is 0 Å². The molecule has 0 atom stereocenters. The van der Waals surface area contributed by atoms with Crippen molar-refractivity contribution < 1.29 is 4.79 Å². The molecule has 1 aliphatic rings. The van der Waals surface area contributed by atoms with Crippen LogP contribution in [0.25, 0.3) is 22.6 Å². The summed E-state index contributed by atoms with van der Waals surface area (Å²) in [6.07, 6.45) is 3.91. The minimum Gasteiger partial charge on any atom is -0.331 e. The molecule has 0 fully saturated rings. The number of benzene rings is 3. The van der Waals surface area contributed by atoms with Gasteiger partial charge in [-0.25, -0.2) is 0 Å². The highest BCUT2D eigenvalue weighted by molar-refractivity contribution is 6.38. The maximum absolute atomic E-state index is 12.6. The lowest BCUT2D eigenvalue weighted by Crippen LogP contribution is -2.03. The Morgan fingerprint density at radius 3 is 2.50 bits per heavy atom. The highest BCUT2D eigenvalue weighted by Gasteiger charge is 2.25. The molecule has 0 radical (unpaired) electrons. The lowest BCUT2D eigenvalue weighted by molar-refractivity contribution is -0.110. The largest absolute Gasteiger partial charge is 0.331 e. The van der Waals surface area contributed by atoms with Crippen LogP contribution in [0, 0.1) is 0 Å². The highest BCUT2D eigenvalue weighted by atomic mass is 35.5. The third-order valence-corrected chi connectivity index (χ3v) is 6.04. The Morgan fingerprint density at radius 2 is 1.63 bits per heavy atom. The molecule has 4 aromatic rings. The van der Waals surface area contributed by atoms with E-state index in [-0.39, 0.29) is 5.91 Å². The number of aryl methyl sites for hydroxylation is 2. The lowest BCUT2D eigenvalue weighted by Gasteiger charge is -2.07. The summed E-state index contributed by atoms with van der Waals surface area (Å²) in [6.45, 7) is 0.820. The van der Waals surface area contributed by atoms with Gasteiger partial charge in [-0.3, -0.25) is 4.79 Å². The highest BCUT2D eigenvalue weighted by Crippen LogP contribution is 2.37. The number of hydrogen-bond acceptors (Lipinski definition) is 1. The van der Waals surface area contributed by atoms with Crippen LogP contribution in [0.2, 0.25) is 5.15 Å². The van der Waals surface area contributed by atoms with E-state index in [1.165, 1.54) is 5.56 Å². The van der Waals surface area contributed by atoms with E-state index in [1.807, 2.05) is 48.5 Å². The molecule has 3 aromatic carbocycles. The van der Waals surface area contributed by atoms with Gasteiger partial charge in [0.1, 0.15) is 5.15 Å². The van der Waals surface area contributed by atoms with Gasteiger partial charge in [-0.15, -0.1) is 0 Å². The summed E-state index contributed by atoms with van der Waals surface area (Å²) in [5, 5.41) is 4.67. The van der Waals surface area contributed by atoms with E-state index >= 15 is 0 Å². The first-order valence-electron chi connectivity index (χ1n) is 10.2. The molecular formula is C26H21ClN2O. The van der Waals surface area contributed by atoms with Crippen LogP contribution in [0.5, 0.6) is 0 Å². The first-order chi connectivity index (χ1) is 14.7. The van der Waals surface area contributed by atoms with Crippen LogP contribution >= 0.6 is 11.6 Å². The van der Waals surface area contributed by atoms with Crippen molar-refractivity contribution in [3.63, 3.8) is 0 Å². The summed E-state index contributed by atoms with van der Waals surface area (Å²) in [5.41, 5.74) is 5.73. The molecule has 1 amide bonds. The number of hydrogen-bond donors (Lipinski definition) is 1. The van der Waals surface area contributed by atoms with Crippen LogP contribution < -0.4 is 5.32 Å². The van der Waals surface area contributed by atoms with Crippen LogP contribution in [-0.2, 0) is 17.8 Å². The van der Waals surface area contributed by atoms with E-state index in [1.54, 1.807) is 0 Å². The van der Waals surface area contributed by atoms with Crippen molar-refractivity contribution in [2.45, 2.75) is 19.4 Å². The molecule has 2 heterocycles. The van der Waals surface area contributed by atoms with Gasteiger partial charge >= 0.3 is 0 Å². The molecule has 30 heavy (non-hydrogen) atoms. The topological polar surface area (TPSA) is 34.0 Å². The number of carbonyl (C=O) groups excluding carboxylic acids is 1. The van der Waals surface area contributed by atoms with Crippen molar-refractivity contribution >= 4 is 45.7 Å². The van der Waals surface area contributed by atoms with Gasteiger partial charge in [-0.1, -0.05) is 78.3 Å². The van der Waals surface area contributed by atoms with Gasteiger partial charge in [0.25, 0.3) is 5.91 Å². The number of anilines is 1. The fourth-order valence-electron chi connectivity index (χ4n) is 4.17. The Balaban J connectivity index is 1.52. The molecule has 5 rings (SSSR count). The maximum atomic E-state index is 12.6. The maximum Gasteiger partial charge on any atom is 0.256 e. The Kier molecular flexibility index (Phi) is 4.89. The zero-order valence-corrected chi connectivity index (χ0v) is 17.2. The first-order valence-corrected chi connectivity index (χ1v) is 10.5. The van der Waals surface area contributed by atoms with Crippen molar-refractivity contribution in [1.82, 2.24) is 4.57 Å². The average Bonchev–Trinajstić information content (AvgIpc) is 3.23. The molecule has 3 nitrogen and oxygen atoms in total. The van der Waals surface area contributed by atoms with Crippen LogP contribution in [0.15, 0.2) is 78.9 Å². The molecule has 0 unspecified atom stereocenters. The molecule has 0 saturated carbocycles. The van der Waals surface area contributed by atoms with Crippen molar-refractivity contribution in [1.29, 1.82) is 0 Å². The Hall–Kier alpha value is -3.30. The van der Waals surface area contributed by atoms with E-state index in [0.717, 1.165) is 47.1 Å².